The smallest absolute Gasteiger partial charge is 0.410 e. The van der Waals surface area contributed by atoms with Gasteiger partial charge in [0.05, 0.1) is 11.4 Å². The lowest BCUT2D eigenvalue weighted by atomic mass is 9.99. The first-order valence-electron chi connectivity index (χ1n) is 15.1. The van der Waals surface area contributed by atoms with Gasteiger partial charge < -0.3 is 25.0 Å². The summed E-state index contributed by atoms with van der Waals surface area (Å²) >= 11 is 0. The van der Waals surface area contributed by atoms with Gasteiger partial charge in [-0.1, -0.05) is 30.3 Å². The van der Waals surface area contributed by atoms with Crippen molar-refractivity contribution in [2.75, 3.05) is 24.2 Å². The average molecular weight is 611 g/mol. The van der Waals surface area contributed by atoms with E-state index in [1.165, 1.54) is 0 Å². The maximum atomic E-state index is 13.6. The molecular formula is C31H38N4O7S. The van der Waals surface area contributed by atoms with Crippen molar-refractivity contribution in [3.05, 3.63) is 59.7 Å². The molecule has 4 aliphatic rings. The van der Waals surface area contributed by atoms with E-state index in [4.69, 9.17) is 9.47 Å². The zero-order valence-corrected chi connectivity index (χ0v) is 25.1. The number of sulfonamides is 1. The van der Waals surface area contributed by atoms with Crippen molar-refractivity contribution >= 4 is 33.6 Å². The van der Waals surface area contributed by atoms with Crippen LogP contribution in [0, 0.1) is 5.92 Å². The van der Waals surface area contributed by atoms with Gasteiger partial charge in [0, 0.05) is 36.8 Å². The van der Waals surface area contributed by atoms with E-state index in [1.54, 1.807) is 34.3 Å². The second-order valence-electron chi connectivity index (χ2n) is 12.1. The quantitative estimate of drug-likeness (QED) is 0.490. The van der Waals surface area contributed by atoms with Crippen LogP contribution < -0.4 is 15.4 Å². The SMILES string of the molecule is CC1Oc2ccc(C(=O)N[C@H]3C[C@H]4CC[C@@H](C3)N4S(=O)(=O)CC3CCN(C(=O)OCc4ccccc4)CC3)cc2NC1=O. The second-order valence-corrected chi connectivity index (χ2v) is 14.0. The second kappa shape index (κ2) is 12.2. The Hall–Kier alpha value is -3.64. The minimum Gasteiger partial charge on any atom is -0.479 e. The summed E-state index contributed by atoms with van der Waals surface area (Å²) in [6.07, 6.45) is 2.97. The Kier molecular flexibility index (Phi) is 8.32. The van der Waals surface area contributed by atoms with Crippen LogP contribution in [-0.4, -0.2) is 78.6 Å². The van der Waals surface area contributed by atoms with Crippen LogP contribution in [0.25, 0.3) is 0 Å². The molecule has 3 fully saturated rings. The van der Waals surface area contributed by atoms with Gasteiger partial charge in [0.2, 0.25) is 10.0 Å². The van der Waals surface area contributed by atoms with E-state index in [-0.39, 0.29) is 54.3 Å². The van der Waals surface area contributed by atoms with Crippen molar-refractivity contribution in [2.24, 2.45) is 5.92 Å². The summed E-state index contributed by atoms with van der Waals surface area (Å²) in [5, 5.41) is 5.85. The molecule has 2 aromatic rings. The molecule has 4 aliphatic heterocycles. The minimum atomic E-state index is -3.50. The lowest BCUT2D eigenvalue weighted by Crippen LogP contribution is -2.53. The Bertz CT molecular complexity index is 1460. The highest BCUT2D eigenvalue weighted by Gasteiger charge is 2.47. The van der Waals surface area contributed by atoms with E-state index in [0.717, 1.165) is 18.4 Å². The van der Waals surface area contributed by atoms with E-state index >= 15 is 0 Å². The Morgan fingerprint density at radius 2 is 1.72 bits per heavy atom. The number of anilines is 1. The fourth-order valence-corrected chi connectivity index (χ4v) is 9.19. The largest absolute Gasteiger partial charge is 0.479 e. The highest BCUT2D eigenvalue weighted by molar-refractivity contribution is 7.89. The molecular weight excluding hydrogens is 572 g/mol. The number of amides is 3. The van der Waals surface area contributed by atoms with Gasteiger partial charge in [0.25, 0.3) is 11.8 Å². The normalized spacial score (nSPS) is 25.8. The van der Waals surface area contributed by atoms with Gasteiger partial charge in [0.15, 0.2) is 6.10 Å². The van der Waals surface area contributed by atoms with Gasteiger partial charge in [0.1, 0.15) is 12.4 Å². The molecule has 230 valence electrons. The van der Waals surface area contributed by atoms with E-state index < -0.39 is 16.1 Å². The lowest BCUT2D eigenvalue weighted by Gasteiger charge is -2.39. The number of hydrogen-bond acceptors (Lipinski definition) is 7. The molecule has 3 amide bonds. The number of benzene rings is 2. The summed E-state index contributed by atoms with van der Waals surface area (Å²) in [5.74, 6) is 0.0590. The number of carbonyl (C=O) groups is 3. The zero-order valence-electron chi connectivity index (χ0n) is 24.2. The van der Waals surface area contributed by atoms with E-state index in [2.05, 4.69) is 10.6 Å². The standard InChI is InChI=1S/C31H38N4O7S/c1-20-29(36)33-27-15-23(7-10-28(27)42-20)30(37)32-24-16-25-8-9-26(17-24)35(25)43(39,40)19-22-11-13-34(14-12-22)31(38)41-18-21-5-3-2-4-6-21/h2-7,10,15,20,22,24-26H,8-9,11-14,16-19H2,1H3,(H,32,37)(H,33,36)/t20?,24-,25+,26-. The summed E-state index contributed by atoms with van der Waals surface area (Å²) in [6.45, 7) is 2.83. The molecule has 3 saturated heterocycles. The van der Waals surface area contributed by atoms with Crippen LogP contribution >= 0.6 is 0 Å². The molecule has 12 heteroatoms. The van der Waals surface area contributed by atoms with Crippen molar-refractivity contribution in [2.45, 2.75) is 76.3 Å². The number of hydrogen-bond donors (Lipinski definition) is 2. The predicted molar refractivity (Wildman–Crippen MR) is 159 cm³/mol. The number of nitrogens with one attached hydrogen (secondary N) is 2. The van der Waals surface area contributed by atoms with Crippen LogP contribution in [0.15, 0.2) is 48.5 Å². The fourth-order valence-electron chi connectivity index (χ4n) is 6.80. The first kappa shape index (κ1) is 29.4. The van der Waals surface area contributed by atoms with Gasteiger partial charge in [-0.3, -0.25) is 9.59 Å². The first-order valence-corrected chi connectivity index (χ1v) is 16.7. The Morgan fingerprint density at radius 1 is 1.02 bits per heavy atom. The van der Waals surface area contributed by atoms with Crippen LogP contribution in [-0.2, 0) is 26.2 Å². The molecule has 2 N–H and O–H groups in total. The van der Waals surface area contributed by atoms with Gasteiger partial charge in [-0.05, 0) is 75.1 Å². The van der Waals surface area contributed by atoms with Crippen LogP contribution in [0.3, 0.4) is 0 Å². The molecule has 0 aliphatic carbocycles. The minimum absolute atomic E-state index is 0.0172. The van der Waals surface area contributed by atoms with Crippen molar-refractivity contribution in [3.63, 3.8) is 0 Å². The third-order valence-corrected chi connectivity index (χ3v) is 11.2. The van der Waals surface area contributed by atoms with Crippen LogP contribution in [0.5, 0.6) is 5.75 Å². The summed E-state index contributed by atoms with van der Waals surface area (Å²) in [5.41, 5.74) is 1.80. The molecule has 0 spiro atoms. The third kappa shape index (κ3) is 6.50. The monoisotopic (exact) mass is 610 g/mol. The van der Waals surface area contributed by atoms with Gasteiger partial charge in [-0.2, -0.15) is 4.31 Å². The maximum Gasteiger partial charge on any atom is 0.410 e. The number of rotatable bonds is 7. The summed E-state index contributed by atoms with van der Waals surface area (Å²) < 4.78 is 40.0. The molecule has 11 nitrogen and oxygen atoms in total. The Morgan fingerprint density at radius 3 is 2.42 bits per heavy atom. The van der Waals surface area contributed by atoms with Crippen LogP contribution in [0.1, 0.15) is 61.4 Å². The number of fused-ring (bicyclic) bond motifs is 3. The molecule has 2 aromatic carbocycles. The Balaban J connectivity index is 0.992. The molecule has 1 unspecified atom stereocenters. The lowest BCUT2D eigenvalue weighted by molar-refractivity contribution is -0.122. The summed E-state index contributed by atoms with van der Waals surface area (Å²) in [4.78, 5) is 39.2. The maximum absolute atomic E-state index is 13.6. The topological polar surface area (TPSA) is 134 Å². The highest BCUT2D eigenvalue weighted by Crippen LogP contribution is 2.39. The van der Waals surface area contributed by atoms with Gasteiger partial charge in [-0.15, -0.1) is 0 Å². The molecule has 2 bridgehead atoms. The van der Waals surface area contributed by atoms with Crippen LogP contribution in [0.4, 0.5) is 10.5 Å². The molecule has 6 rings (SSSR count). The number of piperidine rings is 2. The predicted octanol–water partition coefficient (Wildman–Crippen LogP) is 3.51. The molecule has 0 radical (unpaired) electrons. The Labute approximate surface area is 251 Å². The number of ether oxygens (including phenoxy) is 2. The molecule has 4 atom stereocenters. The number of carbonyl (C=O) groups excluding carboxylic acids is 3. The third-order valence-electron chi connectivity index (χ3n) is 9.02. The number of likely N-dealkylation sites (tertiary alicyclic amines) is 1. The van der Waals surface area contributed by atoms with Crippen molar-refractivity contribution in [3.8, 4) is 5.75 Å². The molecule has 0 saturated carbocycles. The van der Waals surface area contributed by atoms with Gasteiger partial charge >= 0.3 is 6.09 Å². The van der Waals surface area contributed by atoms with Crippen molar-refractivity contribution < 1.29 is 32.3 Å². The van der Waals surface area contributed by atoms with Gasteiger partial charge in [-0.25, -0.2) is 13.2 Å². The summed E-state index contributed by atoms with van der Waals surface area (Å²) in [6, 6.07) is 14.1. The van der Waals surface area contributed by atoms with E-state index in [0.29, 0.717) is 55.8 Å². The number of nitrogens with zero attached hydrogens (tertiary/aromatic N) is 2. The highest BCUT2D eigenvalue weighted by atomic mass is 32.2. The van der Waals surface area contributed by atoms with E-state index in [1.807, 2.05) is 30.3 Å². The zero-order chi connectivity index (χ0) is 30.1. The molecule has 4 heterocycles. The van der Waals surface area contributed by atoms with E-state index in [9.17, 15) is 22.8 Å². The fraction of sp³-hybridized carbons (Fsp3) is 0.516. The summed E-state index contributed by atoms with van der Waals surface area (Å²) in [7, 11) is -3.50. The average Bonchev–Trinajstić information content (AvgIpc) is 3.29. The van der Waals surface area contributed by atoms with Crippen molar-refractivity contribution in [1.82, 2.24) is 14.5 Å². The van der Waals surface area contributed by atoms with Crippen molar-refractivity contribution in [1.29, 1.82) is 0 Å². The first-order chi connectivity index (χ1) is 20.7. The molecule has 0 aromatic heterocycles. The van der Waals surface area contributed by atoms with Crippen LogP contribution in [0.2, 0.25) is 0 Å². The molecule has 43 heavy (non-hydrogen) atoms.